The fourth-order valence-corrected chi connectivity index (χ4v) is 3.98. The lowest BCUT2D eigenvalue weighted by molar-refractivity contribution is 0.0529. The van der Waals surface area contributed by atoms with E-state index in [4.69, 9.17) is 9.47 Å². The Bertz CT molecular complexity index is 1040. The molecule has 0 spiro atoms. The van der Waals surface area contributed by atoms with E-state index < -0.39 is 11.7 Å². The van der Waals surface area contributed by atoms with Crippen LogP contribution in [0.4, 0.5) is 4.79 Å². The summed E-state index contributed by atoms with van der Waals surface area (Å²) in [5.41, 5.74) is 1.67. The molecule has 29 heavy (non-hydrogen) atoms. The van der Waals surface area contributed by atoms with E-state index in [0.29, 0.717) is 33.8 Å². The van der Waals surface area contributed by atoms with Gasteiger partial charge in [0.1, 0.15) is 10.4 Å². The molecule has 2 heterocycles. The van der Waals surface area contributed by atoms with Gasteiger partial charge in [0.05, 0.1) is 29.6 Å². The van der Waals surface area contributed by atoms with Gasteiger partial charge in [-0.1, -0.05) is 0 Å². The van der Waals surface area contributed by atoms with Crippen molar-refractivity contribution in [3.05, 3.63) is 31.3 Å². The highest BCUT2D eigenvalue weighted by molar-refractivity contribution is 7.20. The van der Waals surface area contributed by atoms with Crippen molar-refractivity contribution < 1.29 is 14.3 Å². The minimum atomic E-state index is -0.674. The Labute approximate surface area is 172 Å². The molecule has 1 N–H and O–H groups in total. The normalized spacial score (nSPS) is 12.3. The van der Waals surface area contributed by atoms with Crippen LogP contribution in [0.25, 0.3) is 10.2 Å². The summed E-state index contributed by atoms with van der Waals surface area (Å²) in [6, 6.07) is -0.279. The van der Waals surface area contributed by atoms with Crippen LogP contribution in [0.2, 0.25) is 0 Å². The third-order valence-corrected chi connectivity index (χ3v) is 5.30. The van der Waals surface area contributed by atoms with E-state index >= 15 is 0 Å². The summed E-state index contributed by atoms with van der Waals surface area (Å²) in [5, 5.41) is 4.39. The van der Waals surface area contributed by atoms with Gasteiger partial charge in [0.15, 0.2) is 0 Å². The number of hydrogen-bond acceptors (Lipinski definition) is 7. The number of hydrogen-bond donors (Lipinski definition) is 1. The van der Waals surface area contributed by atoms with Crippen molar-refractivity contribution in [2.24, 2.45) is 5.10 Å². The largest absolute Gasteiger partial charge is 0.443 e. The zero-order valence-electron chi connectivity index (χ0n) is 17.9. The summed E-state index contributed by atoms with van der Waals surface area (Å²) in [6.45, 7) is 11.3. The number of methoxy groups -OCH3 is 1. The smallest absolute Gasteiger partial charge is 0.428 e. The van der Waals surface area contributed by atoms with Crippen LogP contribution in [0.1, 0.15) is 51.1 Å². The summed E-state index contributed by atoms with van der Waals surface area (Å²) in [6.07, 6.45) is 0.778. The van der Waals surface area contributed by atoms with Gasteiger partial charge in [-0.3, -0.25) is 13.9 Å². The number of hydrazone groups is 1. The van der Waals surface area contributed by atoms with Crippen LogP contribution in [0, 0.1) is 6.92 Å². The molecule has 0 atom stereocenters. The van der Waals surface area contributed by atoms with Crippen LogP contribution in [0.5, 0.6) is 0 Å². The first-order valence-electron chi connectivity index (χ1n) is 9.27. The first-order chi connectivity index (χ1) is 13.5. The maximum Gasteiger partial charge on any atom is 0.428 e. The number of nitrogens with one attached hydrogen (secondary N) is 1. The fraction of sp³-hybridized carbons (Fsp3) is 0.579. The number of nitrogens with zero attached hydrogens (tertiary/aromatic N) is 3. The molecule has 2 rings (SSSR count). The van der Waals surface area contributed by atoms with Crippen molar-refractivity contribution in [3.63, 3.8) is 0 Å². The van der Waals surface area contributed by atoms with Gasteiger partial charge in [0, 0.05) is 13.2 Å². The van der Waals surface area contributed by atoms with Crippen LogP contribution in [0.15, 0.2) is 14.7 Å². The number of carbonyl (C=O) groups excluding carboxylic acids is 1. The molecule has 9 nitrogen and oxygen atoms in total. The Balaban J connectivity index is 2.52. The van der Waals surface area contributed by atoms with Crippen LogP contribution >= 0.6 is 11.3 Å². The Kier molecular flexibility index (Phi) is 7.02. The highest BCUT2D eigenvalue weighted by atomic mass is 32.1. The second kappa shape index (κ2) is 8.91. The predicted octanol–water partition coefficient (Wildman–Crippen LogP) is 2.62. The molecule has 0 fully saturated rings. The molecule has 0 unspecified atom stereocenters. The molecular weight excluding hydrogens is 396 g/mol. The molecule has 160 valence electrons. The maximum absolute atomic E-state index is 13.0. The molecule has 0 aromatic carbocycles. The van der Waals surface area contributed by atoms with Crippen LogP contribution < -0.4 is 16.7 Å². The van der Waals surface area contributed by atoms with Crippen molar-refractivity contribution in [1.29, 1.82) is 0 Å². The third kappa shape index (κ3) is 5.13. The van der Waals surface area contributed by atoms with Crippen molar-refractivity contribution in [2.75, 3.05) is 13.7 Å². The first-order valence-corrected chi connectivity index (χ1v) is 10.1. The van der Waals surface area contributed by atoms with E-state index in [9.17, 15) is 14.4 Å². The molecule has 0 aliphatic carbocycles. The standard InChI is InChI=1S/C19H28N4O5S/c1-11(2)23-15(24)14-12(3)13(10-20-21-17(25)28-19(4,5)6)29-16(14)22(18(23)26)8-9-27-7/h10-11H,8-9H2,1-7H3,(H,21,25). The van der Waals surface area contributed by atoms with Crippen LogP contribution in [0.3, 0.4) is 0 Å². The van der Waals surface area contributed by atoms with Crippen molar-refractivity contribution >= 4 is 33.9 Å². The highest BCUT2D eigenvalue weighted by Gasteiger charge is 2.21. The predicted molar refractivity (Wildman–Crippen MR) is 114 cm³/mol. The summed E-state index contributed by atoms with van der Waals surface area (Å²) >= 11 is 1.27. The molecule has 2 aromatic rings. The molecule has 0 radical (unpaired) electrons. The topological polar surface area (TPSA) is 104 Å². The quantitative estimate of drug-likeness (QED) is 0.567. The SMILES string of the molecule is COCCn1c(=O)n(C(C)C)c(=O)c2c(C)c(C=NNC(=O)OC(C)(C)C)sc21. The molecule has 0 aliphatic rings. The maximum atomic E-state index is 13.0. The average molecular weight is 425 g/mol. The van der Waals surface area contributed by atoms with E-state index in [1.165, 1.54) is 22.1 Å². The van der Waals surface area contributed by atoms with Gasteiger partial charge in [-0.2, -0.15) is 5.10 Å². The lowest BCUT2D eigenvalue weighted by Crippen LogP contribution is -2.41. The number of amides is 1. The Morgan fingerprint density at radius 1 is 1.31 bits per heavy atom. The van der Waals surface area contributed by atoms with E-state index in [1.807, 2.05) is 0 Å². The number of aromatic nitrogens is 2. The fourth-order valence-electron chi connectivity index (χ4n) is 2.78. The third-order valence-electron chi connectivity index (χ3n) is 4.05. The van der Waals surface area contributed by atoms with Crippen LogP contribution in [-0.2, 0) is 16.0 Å². The van der Waals surface area contributed by atoms with E-state index in [-0.39, 0.29) is 17.3 Å². The van der Waals surface area contributed by atoms with Gasteiger partial charge in [-0.15, -0.1) is 11.3 Å². The van der Waals surface area contributed by atoms with Crippen molar-refractivity contribution in [2.45, 2.75) is 59.7 Å². The lowest BCUT2D eigenvalue weighted by atomic mass is 10.2. The molecule has 1 amide bonds. The van der Waals surface area contributed by atoms with Crippen LogP contribution in [-0.4, -0.2) is 40.8 Å². The second-order valence-electron chi connectivity index (χ2n) is 7.84. The number of carbonyl (C=O) groups is 1. The second-order valence-corrected chi connectivity index (χ2v) is 8.87. The van der Waals surface area contributed by atoms with Crippen molar-refractivity contribution in [3.8, 4) is 0 Å². The Hall–Kier alpha value is -2.46. The molecular formula is C19H28N4O5S. The molecule has 0 saturated heterocycles. The van der Waals surface area contributed by atoms with Gasteiger partial charge in [0.2, 0.25) is 0 Å². The van der Waals surface area contributed by atoms with Gasteiger partial charge in [-0.25, -0.2) is 15.0 Å². The van der Waals surface area contributed by atoms with E-state index in [2.05, 4.69) is 10.5 Å². The lowest BCUT2D eigenvalue weighted by Gasteiger charge is -2.18. The molecule has 0 bridgehead atoms. The summed E-state index contributed by atoms with van der Waals surface area (Å²) in [7, 11) is 1.56. The average Bonchev–Trinajstić information content (AvgIpc) is 2.90. The number of ether oxygens (including phenoxy) is 2. The Morgan fingerprint density at radius 3 is 2.52 bits per heavy atom. The number of fused-ring (bicyclic) bond motifs is 1. The Morgan fingerprint density at radius 2 is 1.97 bits per heavy atom. The summed E-state index contributed by atoms with van der Waals surface area (Å²) in [5.74, 6) is 0. The first kappa shape index (κ1) is 22.8. The summed E-state index contributed by atoms with van der Waals surface area (Å²) < 4.78 is 13.0. The summed E-state index contributed by atoms with van der Waals surface area (Å²) in [4.78, 5) is 38.8. The zero-order valence-corrected chi connectivity index (χ0v) is 18.7. The number of aryl methyl sites for hydroxylation is 1. The number of thiophene rings is 1. The molecule has 0 aliphatic heterocycles. The molecule has 0 saturated carbocycles. The van der Waals surface area contributed by atoms with E-state index in [0.717, 1.165) is 0 Å². The van der Waals surface area contributed by atoms with E-state index in [1.54, 1.807) is 53.2 Å². The minimum absolute atomic E-state index is 0.279. The monoisotopic (exact) mass is 424 g/mol. The van der Waals surface area contributed by atoms with Gasteiger partial charge in [0.25, 0.3) is 5.56 Å². The highest BCUT2D eigenvalue weighted by Crippen LogP contribution is 2.26. The van der Waals surface area contributed by atoms with Crippen molar-refractivity contribution in [1.82, 2.24) is 14.6 Å². The zero-order chi connectivity index (χ0) is 21.9. The van der Waals surface area contributed by atoms with Gasteiger partial charge in [-0.05, 0) is 47.1 Å². The molecule has 10 heteroatoms. The van der Waals surface area contributed by atoms with Gasteiger partial charge < -0.3 is 9.47 Å². The van der Waals surface area contributed by atoms with Gasteiger partial charge >= 0.3 is 11.8 Å². The number of rotatable bonds is 6. The molecule has 2 aromatic heterocycles. The minimum Gasteiger partial charge on any atom is -0.443 e.